The monoisotopic (exact) mass is 446 g/mol. The number of likely N-dealkylation sites (tertiary alicyclic amines) is 1. The highest BCUT2D eigenvalue weighted by Gasteiger charge is 2.42. The number of nitro groups is 1. The van der Waals surface area contributed by atoms with Crippen molar-refractivity contribution in [2.24, 2.45) is 0 Å². The Kier molecular flexibility index (Phi) is 6.10. The molecule has 2 heterocycles. The lowest BCUT2D eigenvalue weighted by molar-refractivity contribution is -0.385. The summed E-state index contributed by atoms with van der Waals surface area (Å²) in [4.78, 5) is 12.9. The van der Waals surface area contributed by atoms with Crippen LogP contribution in [0.2, 0.25) is 5.02 Å². The summed E-state index contributed by atoms with van der Waals surface area (Å²) in [5.74, 6) is 1.50. The molecule has 1 saturated heterocycles. The van der Waals surface area contributed by atoms with E-state index in [-0.39, 0.29) is 17.9 Å². The van der Waals surface area contributed by atoms with Gasteiger partial charge in [-0.1, -0.05) is 11.6 Å². The van der Waals surface area contributed by atoms with E-state index >= 15 is 0 Å². The van der Waals surface area contributed by atoms with E-state index in [4.69, 9.17) is 21.1 Å². The molecule has 2 aliphatic heterocycles. The molecule has 0 amide bonds. The number of halogens is 1. The first-order chi connectivity index (χ1) is 14.8. The molecule has 0 saturated carbocycles. The zero-order valence-electron chi connectivity index (χ0n) is 17.8. The fourth-order valence-corrected chi connectivity index (χ4v) is 4.69. The fourth-order valence-electron chi connectivity index (χ4n) is 4.50. The Balaban J connectivity index is 1.27. The van der Waals surface area contributed by atoms with Gasteiger partial charge in [0.25, 0.3) is 5.69 Å². The van der Waals surface area contributed by atoms with Crippen molar-refractivity contribution in [1.82, 2.24) is 4.90 Å². The number of ether oxygens (including phenoxy) is 2. The molecule has 1 N–H and O–H groups in total. The van der Waals surface area contributed by atoms with Crippen molar-refractivity contribution < 1.29 is 19.5 Å². The number of nitrogens with zero attached hydrogens (tertiary/aromatic N) is 2. The summed E-state index contributed by atoms with van der Waals surface area (Å²) in [7, 11) is 0. The Morgan fingerprint density at radius 2 is 2.00 bits per heavy atom. The minimum Gasteiger partial charge on any atom is -0.491 e. The van der Waals surface area contributed by atoms with Gasteiger partial charge >= 0.3 is 0 Å². The molecule has 31 heavy (non-hydrogen) atoms. The summed E-state index contributed by atoms with van der Waals surface area (Å²) in [6, 6.07) is 8.84. The van der Waals surface area contributed by atoms with E-state index in [9.17, 15) is 15.2 Å². The Bertz CT molecular complexity index is 988. The molecular weight excluding hydrogens is 420 g/mol. The molecule has 8 heteroatoms. The van der Waals surface area contributed by atoms with Gasteiger partial charge in [-0.2, -0.15) is 0 Å². The van der Waals surface area contributed by atoms with Crippen LogP contribution >= 0.6 is 11.6 Å². The van der Waals surface area contributed by atoms with Gasteiger partial charge in [0.1, 0.15) is 29.8 Å². The molecule has 1 spiro atoms. The quantitative estimate of drug-likeness (QED) is 0.531. The largest absolute Gasteiger partial charge is 0.491 e. The fraction of sp³-hybridized carbons (Fsp3) is 0.478. The molecule has 0 aliphatic carbocycles. The van der Waals surface area contributed by atoms with Gasteiger partial charge in [0.2, 0.25) is 0 Å². The molecule has 2 aromatic rings. The Morgan fingerprint density at radius 3 is 2.71 bits per heavy atom. The third-order valence-electron chi connectivity index (χ3n) is 6.43. The van der Waals surface area contributed by atoms with Crippen LogP contribution in [0.25, 0.3) is 0 Å². The zero-order valence-corrected chi connectivity index (χ0v) is 18.5. The van der Waals surface area contributed by atoms with Gasteiger partial charge in [-0.25, -0.2) is 0 Å². The summed E-state index contributed by atoms with van der Waals surface area (Å²) in [6.45, 7) is 5.83. The van der Waals surface area contributed by atoms with E-state index in [1.807, 2.05) is 18.2 Å². The molecular formula is C23H27ClN2O5. The van der Waals surface area contributed by atoms with E-state index in [1.165, 1.54) is 11.6 Å². The normalized spacial score (nSPS) is 18.5. The SMILES string of the molecule is Cc1c(OC[C@@H](O)CN2CCC3(CC2)Cc2cc(Cl)ccc2O3)ccc([N+](=O)[O-])c1C. The number of hydrogen-bond acceptors (Lipinski definition) is 6. The molecule has 1 atom stereocenters. The highest BCUT2D eigenvalue weighted by atomic mass is 35.5. The number of aliphatic hydroxyl groups is 1. The maximum atomic E-state index is 11.0. The van der Waals surface area contributed by atoms with E-state index in [0.29, 0.717) is 17.9 Å². The van der Waals surface area contributed by atoms with Gasteiger partial charge in [0.15, 0.2) is 0 Å². The second kappa shape index (κ2) is 8.65. The minimum absolute atomic E-state index is 0.0752. The van der Waals surface area contributed by atoms with Crippen LogP contribution in [0.5, 0.6) is 11.5 Å². The highest BCUT2D eigenvalue weighted by molar-refractivity contribution is 6.30. The molecule has 7 nitrogen and oxygen atoms in total. The van der Waals surface area contributed by atoms with Gasteiger partial charge in [0.05, 0.1) is 4.92 Å². The van der Waals surface area contributed by atoms with E-state index in [1.54, 1.807) is 19.9 Å². The molecule has 0 aromatic heterocycles. The third kappa shape index (κ3) is 4.63. The molecule has 1 fully saturated rings. The first-order valence-electron chi connectivity index (χ1n) is 10.5. The number of hydrogen-bond donors (Lipinski definition) is 1. The van der Waals surface area contributed by atoms with E-state index < -0.39 is 11.0 Å². The number of β-amino-alcohol motifs (C(OH)–C–C–N with tert-alkyl or cyclic N) is 1. The Labute approximate surface area is 186 Å². The summed E-state index contributed by atoms with van der Waals surface area (Å²) in [5.41, 5.74) is 2.38. The first-order valence-corrected chi connectivity index (χ1v) is 10.9. The average molecular weight is 447 g/mol. The molecule has 4 rings (SSSR count). The third-order valence-corrected chi connectivity index (χ3v) is 6.67. The van der Waals surface area contributed by atoms with Crippen molar-refractivity contribution in [2.45, 2.75) is 44.8 Å². The van der Waals surface area contributed by atoms with E-state index in [0.717, 1.165) is 48.7 Å². The van der Waals surface area contributed by atoms with Crippen molar-refractivity contribution >= 4 is 17.3 Å². The minimum atomic E-state index is -0.649. The van der Waals surface area contributed by atoms with Crippen molar-refractivity contribution in [2.75, 3.05) is 26.2 Å². The van der Waals surface area contributed by atoms with Crippen LogP contribution in [0.4, 0.5) is 5.69 Å². The maximum absolute atomic E-state index is 11.0. The van der Waals surface area contributed by atoms with Gasteiger partial charge in [0, 0.05) is 61.1 Å². The van der Waals surface area contributed by atoms with Gasteiger partial charge < -0.3 is 19.5 Å². The summed E-state index contributed by atoms with van der Waals surface area (Å²) < 4.78 is 12.0. The standard InChI is InChI=1S/C23H27ClN2O5/c1-15-16(2)21(6-4-20(15)26(28)29)30-14-19(27)13-25-9-7-23(8-10-25)12-17-11-18(24)3-5-22(17)31-23/h3-6,11,19,27H,7-10,12-14H2,1-2H3/t19-/m0/s1. The van der Waals surface area contributed by atoms with Gasteiger partial charge in [-0.05, 0) is 43.7 Å². The second-order valence-corrected chi connectivity index (χ2v) is 9.01. The van der Waals surface area contributed by atoms with Crippen LogP contribution in [0.3, 0.4) is 0 Å². The number of fused-ring (bicyclic) bond motifs is 1. The van der Waals surface area contributed by atoms with Crippen LogP contribution in [0, 0.1) is 24.0 Å². The average Bonchev–Trinajstić information content (AvgIpc) is 3.07. The highest BCUT2D eigenvalue weighted by Crippen LogP contribution is 2.42. The van der Waals surface area contributed by atoms with Crippen molar-refractivity contribution in [3.05, 3.63) is 62.2 Å². The maximum Gasteiger partial charge on any atom is 0.272 e. The lowest BCUT2D eigenvalue weighted by Crippen LogP contribution is -2.49. The molecule has 0 unspecified atom stereocenters. The molecule has 0 bridgehead atoms. The molecule has 2 aromatic carbocycles. The molecule has 166 valence electrons. The van der Waals surface area contributed by atoms with Crippen LogP contribution in [-0.2, 0) is 6.42 Å². The summed E-state index contributed by atoms with van der Waals surface area (Å²) in [6.07, 6.45) is 2.02. The topological polar surface area (TPSA) is 85.1 Å². The van der Waals surface area contributed by atoms with Crippen LogP contribution in [0.1, 0.15) is 29.5 Å². The summed E-state index contributed by atoms with van der Waals surface area (Å²) in [5, 5.41) is 22.3. The smallest absolute Gasteiger partial charge is 0.272 e. The predicted molar refractivity (Wildman–Crippen MR) is 118 cm³/mol. The number of piperidine rings is 1. The Hall–Kier alpha value is -2.35. The predicted octanol–water partition coefficient (Wildman–Crippen LogP) is 4.07. The molecule has 0 radical (unpaired) electrons. The lowest BCUT2D eigenvalue weighted by Gasteiger charge is -2.39. The number of nitro benzene ring substituents is 1. The van der Waals surface area contributed by atoms with E-state index in [2.05, 4.69) is 4.90 Å². The molecule has 2 aliphatic rings. The van der Waals surface area contributed by atoms with Crippen molar-refractivity contribution in [3.63, 3.8) is 0 Å². The Morgan fingerprint density at radius 1 is 1.26 bits per heavy atom. The second-order valence-electron chi connectivity index (χ2n) is 8.57. The van der Waals surface area contributed by atoms with Gasteiger partial charge in [-0.3, -0.25) is 10.1 Å². The number of benzene rings is 2. The van der Waals surface area contributed by atoms with Crippen LogP contribution in [0.15, 0.2) is 30.3 Å². The van der Waals surface area contributed by atoms with Crippen molar-refractivity contribution in [1.29, 1.82) is 0 Å². The zero-order chi connectivity index (χ0) is 22.2. The van der Waals surface area contributed by atoms with Crippen molar-refractivity contribution in [3.8, 4) is 11.5 Å². The first kappa shape index (κ1) is 21.9. The lowest BCUT2D eigenvalue weighted by atomic mass is 9.87. The number of aliphatic hydroxyl groups excluding tert-OH is 1. The van der Waals surface area contributed by atoms with Crippen LogP contribution in [-0.4, -0.2) is 52.9 Å². The van der Waals surface area contributed by atoms with Gasteiger partial charge in [-0.15, -0.1) is 0 Å². The summed E-state index contributed by atoms with van der Waals surface area (Å²) >= 11 is 6.11. The number of rotatable bonds is 6. The van der Waals surface area contributed by atoms with Crippen LogP contribution < -0.4 is 9.47 Å².